The molecule has 0 atom stereocenters. The van der Waals surface area contributed by atoms with Crippen molar-refractivity contribution in [3.8, 4) is 0 Å². The zero-order valence-electron chi connectivity index (χ0n) is 4.67. The van der Waals surface area contributed by atoms with Crippen LogP contribution in [-0.4, -0.2) is 36.0 Å². The zero-order chi connectivity index (χ0) is 5.91. The Morgan fingerprint density at radius 2 is 1.57 bits per heavy atom. The van der Waals surface area contributed by atoms with Gasteiger partial charge in [-0.2, -0.15) is 0 Å². The molecule has 0 fully saturated rings. The fourth-order valence-corrected chi connectivity index (χ4v) is 0.224. The standard InChI is InChI=1S/C3H9O2PSe/c1-4-6(3,7)5-2/h1-3H3. The molecule has 0 aromatic carbocycles. The van der Waals surface area contributed by atoms with Crippen LogP contribution in [0.4, 0.5) is 0 Å². The van der Waals surface area contributed by atoms with Gasteiger partial charge in [0.05, 0.1) is 0 Å². The SMILES string of the molecule is COP(C)(=[Se])OC. The predicted molar refractivity (Wildman–Crippen MR) is 32.6 cm³/mol. The molecule has 0 unspecified atom stereocenters. The van der Waals surface area contributed by atoms with Crippen LogP contribution in [0.3, 0.4) is 0 Å². The number of hydrogen-bond acceptors (Lipinski definition) is 2. The maximum absolute atomic E-state index is 4.92. The van der Waals surface area contributed by atoms with E-state index in [2.05, 4.69) is 15.1 Å². The zero-order valence-corrected chi connectivity index (χ0v) is 7.28. The molecule has 0 amide bonds. The van der Waals surface area contributed by atoms with Gasteiger partial charge in [-0.05, 0) is 0 Å². The fourth-order valence-electron chi connectivity index (χ4n) is 0.0745. The second-order valence-electron chi connectivity index (χ2n) is 1.14. The summed E-state index contributed by atoms with van der Waals surface area (Å²) < 4.78 is 9.84. The first kappa shape index (κ1) is 7.87. The Balaban J connectivity index is 3.61. The van der Waals surface area contributed by atoms with Gasteiger partial charge in [-0.25, -0.2) is 0 Å². The molecule has 0 aliphatic carbocycles. The van der Waals surface area contributed by atoms with Crippen LogP contribution in [0.2, 0.25) is 0 Å². The van der Waals surface area contributed by atoms with E-state index in [9.17, 15) is 0 Å². The van der Waals surface area contributed by atoms with Gasteiger partial charge in [0, 0.05) is 0 Å². The Bertz CT molecular complexity index is 84.9. The summed E-state index contributed by atoms with van der Waals surface area (Å²) in [5, 5.41) is 0. The topological polar surface area (TPSA) is 18.5 Å². The van der Waals surface area contributed by atoms with Crippen molar-refractivity contribution in [1.82, 2.24) is 0 Å². The molecule has 7 heavy (non-hydrogen) atoms. The molecule has 0 aliphatic rings. The van der Waals surface area contributed by atoms with Crippen molar-refractivity contribution in [2.24, 2.45) is 0 Å². The van der Waals surface area contributed by atoms with Gasteiger partial charge >= 0.3 is 51.0 Å². The van der Waals surface area contributed by atoms with Crippen molar-refractivity contribution in [1.29, 1.82) is 0 Å². The van der Waals surface area contributed by atoms with Crippen molar-refractivity contribution in [3.05, 3.63) is 0 Å². The van der Waals surface area contributed by atoms with Crippen molar-refractivity contribution >= 4 is 21.1 Å². The maximum atomic E-state index is 4.92. The van der Waals surface area contributed by atoms with Gasteiger partial charge in [-0.15, -0.1) is 0 Å². The third-order valence-corrected chi connectivity index (χ3v) is 3.87. The van der Waals surface area contributed by atoms with Crippen LogP contribution >= 0.6 is 5.96 Å². The molecule has 0 aromatic heterocycles. The van der Waals surface area contributed by atoms with Crippen LogP contribution in [0.25, 0.3) is 0 Å². The number of rotatable bonds is 2. The molecule has 0 heterocycles. The van der Waals surface area contributed by atoms with Gasteiger partial charge in [0.15, 0.2) is 0 Å². The van der Waals surface area contributed by atoms with E-state index in [1.807, 2.05) is 6.66 Å². The van der Waals surface area contributed by atoms with Crippen molar-refractivity contribution in [3.63, 3.8) is 0 Å². The Morgan fingerprint density at radius 3 is 1.57 bits per heavy atom. The summed E-state index contributed by atoms with van der Waals surface area (Å²) in [6.45, 7) is 1.91. The summed E-state index contributed by atoms with van der Waals surface area (Å²) in [4.78, 5) is 0. The third-order valence-electron chi connectivity index (χ3n) is 0.663. The Morgan fingerprint density at radius 1 is 1.29 bits per heavy atom. The monoisotopic (exact) mass is 188 g/mol. The fraction of sp³-hybridized carbons (Fsp3) is 1.00. The number of hydrogen-bond donors (Lipinski definition) is 0. The van der Waals surface area contributed by atoms with E-state index >= 15 is 0 Å². The van der Waals surface area contributed by atoms with Gasteiger partial charge in [0.2, 0.25) is 0 Å². The van der Waals surface area contributed by atoms with E-state index in [0.29, 0.717) is 0 Å². The van der Waals surface area contributed by atoms with Crippen molar-refractivity contribution in [2.75, 3.05) is 20.9 Å². The molecule has 0 rings (SSSR count). The molecular weight excluding hydrogens is 178 g/mol. The second kappa shape index (κ2) is 3.01. The Labute approximate surface area is 51.6 Å². The molecule has 0 saturated carbocycles. The van der Waals surface area contributed by atoms with Crippen LogP contribution in [0.1, 0.15) is 0 Å². The summed E-state index contributed by atoms with van der Waals surface area (Å²) in [6.07, 6.45) is 0. The second-order valence-corrected chi connectivity index (χ2v) is 7.58. The normalized spacial score (nSPS) is 11.9. The quantitative estimate of drug-likeness (QED) is 0.471. The summed E-state index contributed by atoms with van der Waals surface area (Å²) >= 11 is 2.82. The van der Waals surface area contributed by atoms with E-state index < -0.39 is 5.96 Å². The minimum absolute atomic E-state index is 1.53. The third kappa shape index (κ3) is 3.45. The molecule has 2 nitrogen and oxygen atoms in total. The summed E-state index contributed by atoms with van der Waals surface area (Å²) in [5.41, 5.74) is 0. The molecule has 0 aromatic rings. The summed E-state index contributed by atoms with van der Waals surface area (Å²) in [5.74, 6) is -1.53. The molecule has 0 radical (unpaired) electrons. The molecule has 44 valence electrons. The first-order valence-corrected chi connectivity index (χ1v) is 6.10. The molecule has 0 bridgehead atoms. The van der Waals surface area contributed by atoms with E-state index in [1.165, 1.54) is 0 Å². The van der Waals surface area contributed by atoms with E-state index in [4.69, 9.17) is 9.05 Å². The molecule has 0 saturated heterocycles. The van der Waals surface area contributed by atoms with E-state index in [1.54, 1.807) is 14.2 Å². The molecule has 0 N–H and O–H groups in total. The van der Waals surface area contributed by atoms with Gasteiger partial charge < -0.3 is 0 Å². The van der Waals surface area contributed by atoms with Crippen LogP contribution in [-0.2, 0) is 9.05 Å². The van der Waals surface area contributed by atoms with Crippen LogP contribution < -0.4 is 0 Å². The average Bonchev–Trinajstić information content (AvgIpc) is 1.68. The van der Waals surface area contributed by atoms with Gasteiger partial charge in [-0.1, -0.05) is 0 Å². The van der Waals surface area contributed by atoms with Gasteiger partial charge in [-0.3, -0.25) is 0 Å². The summed E-state index contributed by atoms with van der Waals surface area (Å²) in [6, 6.07) is 0. The molecule has 4 heteroatoms. The van der Waals surface area contributed by atoms with Crippen LogP contribution in [0.15, 0.2) is 0 Å². The summed E-state index contributed by atoms with van der Waals surface area (Å²) in [7, 11) is 3.27. The predicted octanol–water partition coefficient (Wildman–Crippen LogP) is 0.840. The molecule has 0 aliphatic heterocycles. The minimum atomic E-state index is -1.53. The van der Waals surface area contributed by atoms with Gasteiger partial charge in [0.1, 0.15) is 0 Å². The van der Waals surface area contributed by atoms with E-state index in [0.717, 1.165) is 0 Å². The molecular formula is C3H9O2PSe. The van der Waals surface area contributed by atoms with Crippen molar-refractivity contribution in [2.45, 2.75) is 0 Å². The molecule has 0 spiro atoms. The first-order valence-electron chi connectivity index (χ1n) is 1.81. The van der Waals surface area contributed by atoms with Gasteiger partial charge in [0.25, 0.3) is 0 Å². The van der Waals surface area contributed by atoms with Crippen LogP contribution in [0.5, 0.6) is 0 Å². The first-order chi connectivity index (χ1) is 3.12. The van der Waals surface area contributed by atoms with E-state index in [-0.39, 0.29) is 0 Å². The Kier molecular flexibility index (Phi) is 3.38. The van der Waals surface area contributed by atoms with Crippen LogP contribution in [0, 0.1) is 0 Å². The Hall–Kier alpha value is 0.869. The average molecular weight is 187 g/mol. The van der Waals surface area contributed by atoms with Crippen molar-refractivity contribution < 1.29 is 9.05 Å².